The van der Waals surface area contributed by atoms with E-state index in [0.717, 1.165) is 30.6 Å². The minimum Gasteiger partial charge on any atom is -0.393 e. The normalized spacial score (nSPS) is 22.4. The Balaban J connectivity index is 1.76. The van der Waals surface area contributed by atoms with Crippen molar-refractivity contribution in [2.45, 2.75) is 68.9 Å². The van der Waals surface area contributed by atoms with E-state index in [1.807, 2.05) is 0 Å². The molecule has 0 aliphatic heterocycles. The molecule has 4 heteroatoms. The lowest BCUT2D eigenvalue weighted by atomic mass is 9.87. The second-order valence-electron chi connectivity index (χ2n) is 7.14. The molecule has 1 saturated carbocycles. The Bertz CT molecular complexity index is 485. The molecule has 122 valence electrons. The van der Waals surface area contributed by atoms with Crippen molar-refractivity contribution in [2.24, 2.45) is 0 Å². The first-order valence-electron chi connectivity index (χ1n) is 8.05. The summed E-state index contributed by atoms with van der Waals surface area (Å²) in [5.41, 5.74) is 1.47. The van der Waals surface area contributed by atoms with E-state index in [1.165, 1.54) is 5.56 Å². The van der Waals surface area contributed by atoms with E-state index in [4.69, 9.17) is 0 Å². The molecule has 1 amide bonds. The Morgan fingerprint density at radius 1 is 1.18 bits per heavy atom. The highest BCUT2D eigenvalue weighted by atomic mass is 32.2. The molecule has 0 aromatic heterocycles. The molecule has 0 bridgehead atoms. The van der Waals surface area contributed by atoms with Gasteiger partial charge in [0.1, 0.15) is 0 Å². The van der Waals surface area contributed by atoms with E-state index < -0.39 is 0 Å². The quantitative estimate of drug-likeness (QED) is 0.835. The summed E-state index contributed by atoms with van der Waals surface area (Å²) < 4.78 is 0. The summed E-state index contributed by atoms with van der Waals surface area (Å²) >= 11 is 1.58. The van der Waals surface area contributed by atoms with E-state index >= 15 is 0 Å². The number of aliphatic hydroxyl groups excluding tert-OH is 1. The van der Waals surface area contributed by atoms with Gasteiger partial charge in [-0.15, -0.1) is 11.8 Å². The molecule has 0 unspecified atom stereocenters. The van der Waals surface area contributed by atoms with Gasteiger partial charge in [-0.25, -0.2) is 0 Å². The largest absolute Gasteiger partial charge is 0.393 e. The maximum Gasteiger partial charge on any atom is 0.230 e. The smallest absolute Gasteiger partial charge is 0.230 e. The van der Waals surface area contributed by atoms with Crippen LogP contribution in [0.15, 0.2) is 29.2 Å². The first-order chi connectivity index (χ1) is 10.3. The number of carbonyl (C=O) groups excluding carboxylic acids is 1. The molecular formula is C18H27NO2S. The van der Waals surface area contributed by atoms with Gasteiger partial charge in [0.25, 0.3) is 0 Å². The molecule has 2 N–H and O–H groups in total. The number of hydrogen-bond acceptors (Lipinski definition) is 3. The van der Waals surface area contributed by atoms with Gasteiger partial charge in [0, 0.05) is 10.9 Å². The molecule has 1 aliphatic rings. The van der Waals surface area contributed by atoms with Crippen molar-refractivity contribution in [1.82, 2.24) is 5.32 Å². The Morgan fingerprint density at radius 2 is 1.77 bits per heavy atom. The van der Waals surface area contributed by atoms with Gasteiger partial charge < -0.3 is 10.4 Å². The van der Waals surface area contributed by atoms with Gasteiger partial charge >= 0.3 is 0 Å². The van der Waals surface area contributed by atoms with E-state index in [-0.39, 0.29) is 23.5 Å². The third-order valence-electron chi connectivity index (χ3n) is 4.15. The summed E-state index contributed by atoms with van der Waals surface area (Å²) in [6.45, 7) is 6.59. The molecule has 0 saturated heterocycles. The van der Waals surface area contributed by atoms with E-state index in [9.17, 15) is 9.90 Å². The number of aliphatic hydroxyl groups is 1. The summed E-state index contributed by atoms with van der Waals surface area (Å²) in [5, 5.41) is 12.6. The molecule has 1 aromatic rings. The second kappa shape index (κ2) is 7.51. The fourth-order valence-corrected chi connectivity index (χ4v) is 3.40. The highest BCUT2D eigenvalue weighted by Gasteiger charge is 2.20. The van der Waals surface area contributed by atoms with Crippen LogP contribution in [0.4, 0.5) is 0 Å². The number of amides is 1. The number of carbonyl (C=O) groups is 1. The van der Waals surface area contributed by atoms with Crippen LogP contribution in [-0.4, -0.2) is 28.9 Å². The fraction of sp³-hybridized carbons (Fsp3) is 0.611. The molecule has 0 radical (unpaired) electrons. The molecule has 22 heavy (non-hydrogen) atoms. The number of benzene rings is 1. The van der Waals surface area contributed by atoms with Gasteiger partial charge in [0.15, 0.2) is 0 Å². The van der Waals surface area contributed by atoms with E-state index in [2.05, 4.69) is 50.4 Å². The van der Waals surface area contributed by atoms with Gasteiger partial charge in [-0.05, 0) is 48.8 Å². The number of rotatable bonds is 4. The minimum atomic E-state index is -0.177. The lowest BCUT2D eigenvalue weighted by Crippen LogP contribution is -2.39. The lowest BCUT2D eigenvalue weighted by Gasteiger charge is -2.26. The van der Waals surface area contributed by atoms with Crippen LogP contribution in [-0.2, 0) is 10.2 Å². The van der Waals surface area contributed by atoms with Crippen LogP contribution >= 0.6 is 11.8 Å². The molecule has 1 aromatic carbocycles. The molecule has 1 fully saturated rings. The highest BCUT2D eigenvalue weighted by molar-refractivity contribution is 8.00. The van der Waals surface area contributed by atoms with Crippen molar-refractivity contribution in [3.63, 3.8) is 0 Å². The fourth-order valence-electron chi connectivity index (χ4n) is 2.69. The summed E-state index contributed by atoms with van der Waals surface area (Å²) in [5.74, 6) is 0.541. The first kappa shape index (κ1) is 17.4. The van der Waals surface area contributed by atoms with Crippen molar-refractivity contribution < 1.29 is 9.90 Å². The van der Waals surface area contributed by atoms with E-state index in [1.54, 1.807) is 11.8 Å². The highest BCUT2D eigenvalue weighted by Crippen LogP contribution is 2.25. The number of thioether (sulfide) groups is 1. The minimum absolute atomic E-state index is 0.0892. The van der Waals surface area contributed by atoms with Crippen LogP contribution in [0.3, 0.4) is 0 Å². The van der Waals surface area contributed by atoms with Crippen molar-refractivity contribution in [2.75, 3.05) is 5.75 Å². The van der Waals surface area contributed by atoms with E-state index in [0.29, 0.717) is 5.75 Å². The number of hydrogen-bond donors (Lipinski definition) is 2. The number of nitrogens with one attached hydrogen (secondary N) is 1. The summed E-state index contributed by atoms with van der Waals surface area (Å²) in [4.78, 5) is 13.1. The predicted molar refractivity (Wildman–Crippen MR) is 92.3 cm³/mol. The van der Waals surface area contributed by atoms with Crippen molar-refractivity contribution >= 4 is 17.7 Å². The summed E-state index contributed by atoms with van der Waals surface area (Å²) in [6.07, 6.45) is 3.19. The molecule has 3 nitrogen and oxygen atoms in total. The third kappa shape index (κ3) is 5.33. The van der Waals surface area contributed by atoms with Crippen molar-refractivity contribution in [1.29, 1.82) is 0 Å². The Kier molecular flexibility index (Phi) is 5.93. The predicted octanol–water partition coefficient (Wildman–Crippen LogP) is 3.50. The SMILES string of the molecule is CC(C)(C)c1ccc(SCC(=O)NC2CCC(O)CC2)cc1. The molecule has 0 atom stereocenters. The third-order valence-corrected chi connectivity index (χ3v) is 5.16. The topological polar surface area (TPSA) is 49.3 Å². The van der Waals surface area contributed by atoms with Crippen LogP contribution < -0.4 is 5.32 Å². The molecule has 1 aliphatic carbocycles. The van der Waals surface area contributed by atoms with Gasteiger partial charge in [0.05, 0.1) is 11.9 Å². The zero-order valence-electron chi connectivity index (χ0n) is 13.8. The van der Waals surface area contributed by atoms with Gasteiger partial charge in [0.2, 0.25) is 5.91 Å². The standard InChI is InChI=1S/C18H27NO2S/c1-18(2,3)13-4-10-16(11-5-13)22-12-17(21)19-14-6-8-15(20)9-7-14/h4-5,10-11,14-15,20H,6-9,12H2,1-3H3,(H,19,21). The average Bonchev–Trinajstić information content (AvgIpc) is 2.47. The van der Waals surface area contributed by atoms with Crippen LogP contribution in [0.2, 0.25) is 0 Å². The van der Waals surface area contributed by atoms with Crippen molar-refractivity contribution in [3.8, 4) is 0 Å². The van der Waals surface area contributed by atoms with Crippen LogP contribution in [0, 0.1) is 0 Å². The van der Waals surface area contributed by atoms with Crippen molar-refractivity contribution in [3.05, 3.63) is 29.8 Å². The van der Waals surface area contributed by atoms with Crippen LogP contribution in [0.5, 0.6) is 0 Å². The monoisotopic (exact) mass is 321 g/mol. The molecule has 0 spiro atoms. The van der Waals surface area contributed by atoms with Gasteiger partial charge in [-0.2, -0.15) is 0 Å². The lowest BCUT2D eigenvalue weighted by molar-refractivity contribution is -0.119. The summed E-state index contributed by atoms with van der Waals surface area (Å²) in [7, 11) is 0. The average molecular weight is 321 g/mol. The van der Waals surface area contributed by atoms with Gasteiger partial charge in [-0.1, -0.05) is 32.9 Å². The molecule has 0 heterocycles. The molecule has 2 rings (SSSR count). The van der Waals surface area contributed by atoms with Crippen LogP contribution in [0.1, 0.15) is 52.0 Å². The van der Waals surface area contributed by atoms with Crippen LogP contribution in [0.25, 0.3) is 0 Å². The Morgan fingerprint density at radius 3 is 2.32 bits per heavy atom. The first-order valence-corrected chi connectivity index (χ1v) is 9.04. The molecular weight excluding hydrogens is 294 g/mol. The Hall–Kier alpha value is -1.00. The zero-order valence-corrected chi connectivity index (χ0v) is 14.6. The summed E-state index contributed by atoms with van der Waals surface area (Å²) in [6, 6.07) is 8.70. The maximum atomic E-state index is 12.0. The maximum absolute atomic E-state index is 12.0. The van der Waals surface area contributed by atoms with Gasteiger partial charge in [-0.3, -0.25) is 4.79 Å². The zero-order chi connectivity index (χ0) is 16.2. The Labute approximate surface area is 137 Å². The second-order valence-corrected chi connectivity index (χ2v) is 8.18.